The van der Waals surface area contributed by atoms with E-state index < -0.39 is 10.1 Å². The lowest BCUT2D eigenvalue weighted by Crippen LogP contribution is -2.28. The second-order valence-electron chi connectivity index (χ2n) is 5.75. The Labute approximate surface area is 128 Å². The molecule has 1 aromatic carbocycles. The summed E-state index contributed by atoms with van der Waals surface area (Å²) in [4.78, 5) is 4.66. The molecular weight excluding hydrogens is 306 g/mol. The molecule has 1 aliphatic rings. The molecule has 21 heavy (non-hydrogen) atoms. The molecule has 0 aliphatic carbocycles. The summed E-state index contributed by atoms with van der Waals surface area (Å²) in [6, 6.07) is 6.35. The summed E-state index contributed by atoms with van der Waals surface area (Å²) < 4.78 is 31.9. The van der Waals surface area contributed by atoms with Crippen molar-refractivity contribution < 1.29 is 13.0 Å². The summed E-state index contributed by atoms with van der Waals surface area (Å²) in [6.07, 6.45) is 1.08. The molecule has 2 heterocycles. The quantitative estimate of drug-likeness (QED) is 0.867. The Morgan fingerprint density at radius 3 is 2.86 bits per heavy atom. The second kappa shape index (κ2) is 4.90. The molecule has 0 bridgehead atoms. The van der Waals surface area contributed by atoms with Gasteiger partial charge in [0.25, 0.3) is 10.1 Å². The lowest BCUT2D eigenvalue weighted by Gasteiger charge is -2.26. The van der Waals surface area contributed by atoms with Crippen molar-refractivity contribution >= 4 is 42.9 Å². The number of aliphatic imine (C=N–C) groups is 1. The van der Waals surface area contributed by atoms with Gasteiger partial charge in [-0.3, -0.25) is 9.55 Å². The molecule has 112 valence electrons. The van der Waals surface area contributed by atoms with Crippen molar-refractivity contribution in [3.63, 3.8) is 0 Å². The van der Waals surface area contributed by atoms with Gasteiger partial charge >= 0.3 is 0 Å². The zero-order valence-electron chi connectivity index (χ0n) is 12.0. The lowest BCUT2D eigenvalue weighted by molar-refractivity contribution is 0.475. The number of rotatable bonds is 4. The number of fused-ring (bicyclic) bond motifs is 2. The maximum atomic E-state index is 10.9. The molecule has 0 spiro atoms. The van der Waals surface area contributed by atoms with Gasteiger partial charge in [-0.1, -0.05) is 6.92 Å². The van der Waals surface area contributed by atoms with Gasteiger partial charge < -0.3 is 0 Å². The lowest BCUT2D eigenvalue weighted by atomic mass is 9.76. The average Bonchev–Trinajstić information content (AvgIpc) is 2.90. The maximum Gasteiger partial charge on any atom is 0.264 e. The molecule has 1 aliphatic heterocycles. The fraction of sp³-hybridized carbons (Fsp3) is 0.400. The van der Waals surface area contributed by atoms with Crippen LogP contribution in [-0.2, 0) is 15.5 Å². The first kappa shape index (κ1) is 14.7. The summed E-state index contributed by atoms with van der Waals surface area (Å²) in [5, 5.41) is 3.25. The van der Waals surface area contributed by atoms with E-state index >= 15 is 0 Å². The van der Waals surface area contributed by atoms with Crippen molar-refractivity contribution in [3.05, 3.63) is 29.1 Å². The van der Waals surface area contributed by atoms with E-state index in [1.54, 1.807) is 11.3 Å². The number of benzene rings is 1. The molecular formula is C15H17NO3S2. The highest BCUT2D eigenvalue weighted by molar-refractivity contribution is 7.85. The normalized spacial score (nSPS) is 21.6. The van der Waals surface area contributed by atoms with E-state index in [-0.39, 0.29) is 11.2 Å². The number of thiophene rings is 1. The van der Waals surface area contributed by atoms with E-state index in [0.717, 1.165) is 17.0 Å². The monoisotopic (exact) mass is 323 g/mol. The molecule has 1 aromatic heterocycles. The molecule has 0 fully saturated rings. The highest BCUT2D eigenvalue weighted by Crippen LogP contribution is 2.45. The van der Waals surface area contributed by atoms with Crippen molar-refractivity contribution in [2.45, 2.75) is 32.1 Å². The number of hydrogen-bond donors (Lipinski definition) is 1. The molecule has 1 atom stereocenters. The minimum atomic E-state index is -3.90. The van der Waals surface area contributed by atoms with Crippen LogP contribution in [-0.4, -0.2) is 24.4 Å². The van der Waals surface area contributed by atoms with Gasteiger partial charge in [0.05, 0.1) is 11.4 Å². The van der Waals surface area contributed by atoms with Crippen LogP contribution >= 0.6 is 11.3 Å². The van der Waals surface area contributed by atoms with Gasteiger partial charge in [0, 0.05) is 15.8 Å². The van der Waals surface area contributed by atoms with Crippen molar-refractivity contribution in [1.29, 1.82) is 0 Å². The van der Waals surface area contributed by atoms with Crippen LogP contribution in [0.3, 0.4) is 0 Å². The van der Waals surface area contributed by atoms with Crippen molar-refractivity contribution in [1.82, 2.24) is 0 Å². The molecule has 6 heteroatoms. The average molecular weight is 323 g/mol. The third-order valence-corrected chi connectivity index (χ3v) is 6.02. The Morgan fingerprint density at radius 2 is 2.14 bits per heavy atom. The highest BCUT2D eigenvalue weighted by atomic mass is 32.2. The van der Waals surface area contributed by atoms with Crippen LogP contribution in [0.25, 0.3) is 10.1 Å². The van der Waals surface area contributed by atoms with Gasteiger partial charge in [-0.25, -0.2) is 0 Å². The van der Waals surface area contributed by atoms with Crippen LogP contribution in [0.2, 0.25) is 0 Å². The third kappa shape index (κ3) is 2.63. The Kier molecular flexibility index (Phi) is 3.43. The van der Waals surface area contributed by atoms with Crippen LogP contribution in [0.1, 0.15) is 32.3 Å². The standard InChI is InChI=1S/C15H17NO3S2/c1-10-15(2,5-3-7-21(17,18)19)12-9-14-11(4-6-20-14)8-13(12)16-10/h4,6,8-9H,3,5,7H2,1-2H3,(H,17,18,19). The first-order valence-electron chi connectivity index (χ1n) is 6.82. The number of nitrogens with zero attached hydrogens (tertiary/aromatic N) is 1. The molecule has 0 radical (unpaired) electrons. The predicted octanol–water partition coefficient (Wildman–Crippen LogP) is 3.93. The number of hydrogen-bond acceptors (Lipinski definition) is 4. The Balaban J connectivity index is 1.95. The first-order chi connectivity index (χ1) is 9.79. The Morgan fingerprint density at radius 1 is 1.38 bits per heavy atom. The van der Waals surface area contributed by atoms with Crippen LogP contribution in [0.4, 0.5) is 5.69 Å². The van der Waals surface area contributed by atoms with Gasteiger partial charge in [-0.2, -0.15) is 8.42 Å². The van der Waals surface area contributed by atoms with Crippen molar-refractivity contribution in [3.8, 4) is 0 Å². The van der Waals surface area contributed by atoms with Crippen LogP contribution in [0.5, 0.6) is 0 Å². The highest BCUT2D eigenvalue weighted by Gasteiger charge is 2.36. The van der Waals surface area contributed by atoms with Gasteiger partial charge in [0.1, 0.15) is 0 Å². The van der Waals surface area contributed by atoms with E-state index in [0.29, 0.717) is 12.8 Å². The van der Waals surface area contributed by atoms with E-state index in [1.165, 1.54) is 10.1 Å². The van der Waals surface area contributed by atoms with E-state index in [9.17, 15) is 8.42 Å². The van der Waals surface area contributed by atoms with Crippen LogP contribution in [0.15, 0.2) is 28.6 Å². The van der Waals surface area contributed by atoms with Gasteiger partial charge in [0.15, 0.2) is 0 Å². The Bertz CT molecular complexity index is 836. The van der Waals surface area contributed by atoms with Crippen molar-refractivity contribution in [2.75, 3.05) is 5.75 Å². The largest absolute Gasteiger partial charge is 0.286 e. The summed E-state index contributed by atoms with van der Waals surface area (Å²) in [6.45, 7) is 4.09. The summed E-state index contributed by atoms with van der Waals surface area (Å²) in [5.74, 6) is -0.202. The molecule has 0 saturated heterocycles. The predicted molar refractivity (Wildman–Crippen MR) is 87.6 cm³/mol. The Hall–Kier alpha value is -1.24. The first-order valence-corrected chi connectivity index (χ1v) is 9.31. The zero-order valence-corrected chi connectivity index (χ0v) is 13.6. The van der Waals surface area contributed by atoms with E-state index in [4.69, 9.17) is 4.55 Å². The molecule has 0 saturated carbocycles. The molecule has 4 nitrogen and oxygen atoms in total. The van der Waals surface area contributed by atoms with E-state index in [2.05, 4.69) is 35.5 Å². The second-order valence-corrected chi connectivity index (χ2v) is 8.27. The van der Waals surface area contributed by atoms with Gasteiger partial charge in [0.2, 0.25) is 0 Å². The van der Waals surface area contributed by atoms with Crippen molar-refractivity contribution in [2.24, 2.45) is 4.99 Å². The molecule has 0 amide bonds. The molecule has 1 unspecified atom stereocenters. The van der Waals surface area contributed by atoms with Crippen LogP contribution in [0, 0.1) is 0 Å². The van der Waals surface area contributed by atoms with E-state index in [1.807, 2.05) is 6.92 Å². The van der Waals surface area contributed by atoms with Gasteiger partial charge in [-0.15, -0.1) is 11.3 Å². The fourth-order valence-corrected chi connectivity index (χ4v) is 4.27. The van der Waals surface area contributed by atoms with Crippen LogP contribution < -0.4 is 0 Å². The molecule has 3 rings (SSSR count). The SMILES string of the molecule is CC1=Nc2cc3ccsc3cc2C1(C)CCCS(=O)(=O)O. The summed E-state index contributed by atoms with van der Waals surface area (Å²) >= 11 is 1.70. The topological polar surface area (TPSA) is 66.7 Å². The summed E-state index contributed by atoms with van der Waals surface area (Å²) in [5.41, 5.74) is 2.89. The summed E-state index contributed by atoms with van der Waals surface area (Å²) in [7, 11) is -3.90. The minimum Gasteiger partial charge on any atom is -0.286 e. The smallest absolute Gasteiger partial charge is 0.264 e. The molecule has 2 aromatic rings. The molecule has 1 N–H and O–H groups in total. The van der Waals surface area contributed by atoms with Gasteiger partial charge in [-0.05, 0) is 54.3 Å². The third-order valence-electron chi connectivity index (χ3n) is 4.33. The minimum absolute atomic E-state index is 0.202. The maximum absolute atomic E-state index is 10.9. The fourth-order valence-electron chi connectivity index (χ4n) is 2.95. The zero-order chi connectivity index (χ0) is 15.3.